The van der Waals surface area contributed by atoms with Gasteiger partial charge in [-0.25, -0.2) is 0 Å². The molecule has 1 aromatic carbocycles. The second-order valence-corrected chi connectivity index (χ2v) is 5.14. The summed E-state index contributed by atoms with van der Waals surface area (Å²) in [5, 5.41) is 4.37. The monoisotopic (exact) mass is 274 g/mol. The Morgan fingerprint density at radius 3 is 2.84 bits per heavy atom. The molecule has 0 aliphatic carbocycles. The van der Waals surface area contributed by atoms with Crippen LogP contribution in [0.2, 0.25) is 5.02 Å². The Morgan fingerprint density at radius 2 is 2.16 bits per heavy atom. The molecule has 0 saturated carbocycles. The molecule has 0 aliphatic heterocycles. The maximum atomic E-state index is 6.05. The largest absolute Gasteiger partial charge is 0.306 e. The van der Waals surface area contributed by atoms with E-state index in [0.29, 0.717) is 6.04 Å². The van der Waals surface area contributed by atoms with Gasteiger partial charge >= 0.3 is 0 Å². The van der Waals surface area contributed by atoms with Gasteiger partial charge in [0, 0.05) is 30.0 Å². The van der Waals surface area contributed by atoms with Gasteiger partial charge in [-0.15, -0.1) is 0 Å². The molecule has 1 unspecified atom stereocenters. The van der Waals surface area contributed by atoms with Gasteiger partial charge in [0.1, 0.15) is 0 Å². The molecule has 1 heterocycles. The molecule has 3 heteroatoms. The molecule has 1 aromatic heterocycles. The quantitative estimate of drug-likeness (QED) is 0.880. The van der Waals surface area contributed by atoms with Crippen molar-refractivity contribution in [2.24, 2.45) is 0 Å². The molecule has 0 bridgehead atoms. The molecule has 2 aromatic rings. The summed E-state index contributed by atoms with van der Waals surface area (Å²) in [6.45, 7) is 5.11. The van der Waals surface area contributed by atoms with Gasteiger partial charge in [-0.1, -0.05) is 30.7 Å². The molecule has 0 aliphatic rings. The fraction of sp³-hybridized carbons (Fsp3) is 0.312. The smallest absolute Gasteiger partial charge is 0.0409 e. The highest BCUT2D eigenvalue weighted by molar-refractivity contribution is 6.30. The van der Waals surface area contributed by atoms with E-state index in [9.17, 15) is 0 Å². The van der Waals surface area contributed by atoms with Crippen molar-refractivity contribution in [3.8, 4) is 0 Å². The topological polar surface area (TPSA) is 24.9 Å². The number of aromatic nitrogens is 1. The highest BCUT2D eigenvalue weighted by Crippen LogP contribution is 2.21. The Hall–Kier alpha value is -1.38. The van der Waals surface area contributed by atoms with Crippen molar-refractivity contribution in [2.45, 2.75) is 32.9 Å². The van der Waals surface area contributed by atoms with Gasteiger partial charge < -0.3 is 5.32 Å². The second-order valence-electron chi connectivity index (χ2n) is 4.70. The zero-order chi connectivity index (χ0) is 13.7. The summed E-state index contributed by atoms with van der Waals surface area (Å²) < 4.78 is 0. The van der Waals surface area contributed by atoms with Crippen molar-refractivity contribution in [3.05, 3.63) is 64.4 Å². The van der Waals surface area contributed by atoms with Crippen LogP contribution in [0.25, 0.3) is 0 Å². The van der Waals surface area contributed by atoms with Crippen molar-refractivity contribution in [2.75, 3.05) is 0 Å². The summed E-state index contributed by atoms with van der Waals surface area (Å²) in [5.74, 6) is 0. The molecule has 1 N–H and O–H groups in total. The lowest BCUT2D eigenvalue weighted by molar-refractivity contribution is 0.518. The first-order chi connectivity index (χ1) is 9.20. The lowest BCUT2D eigenvalue weighted by Gasteiger charge is -2.18. The van der Waals surface area contributed by atoms with Crippen molar-refractivity contribution >= 4 is 11.6 Å². The average Bonchev–Trinajstić information content (AvgIpc) is 2.41. The Bertz CT molecular complexity index is 540. The van der Waals surface area contributed by atoms with E-state index in [0.717, 1.165) is 18.0 Å². The number of halogens is 1. The molecular weight excluding hydrogens is 256 g/mol. The lowest BCUT2D eigenvalue weighted by atomic mass is 10.0. The number of aryl methyl sites for hydroxylation is 1. The predicted molar refractivity (Wildman–Crippen MR) is 80.3 cm³/mol. The third-order valence-corrected chi connectivity index (χ3v) is 3.57. The standard InChI is InChI=1S/C16H19ClN2/c1-3-16(13-5-4-6-15(17)9-13)19-11-14-7-8-18-10-12(14)2/h4-10,16,19H,3,11H2,1-2H3. The average molecular weight is 275 g/mol. The van der Waals surface area contributed by atoms with Gasteiger partial charge in [0.25, 0.3) is 0 Å². The van der Waals surface area contributed by atoms with E-state index in [1.165, 1.54) is 16.7 Å². The molecule has 0 spiro atoms. The Balaban J connectivity index is 2.06. The Morgan fingerprint density at radius 1 is 1.32 bits per heavy atom. The number of rotatable bonds is 5. The molecule has 0 amide bonds. The van der Waals surface area contributed by atoms with Gasteiger partial charge in [0.15, 0.2) is 0 Å². The molecule has 0 fully saturated rings. The van der Waals surface area contributed by atoms with Crippen LogP contribution in [-0.4, -0.2) is 4.98 Å². The summed E-state index contributed by atoms with van der Waals surface area (Å²) in [4.78, 5) is 4.12. The van der Waals surface area contributed by atoms with Gasteiger partial charge in [0.05, 0.1) is 0 Å². The highest BCUT2D eigenvalue weighted by Gasteiger charge is 2.09. The van der Waals surface area contributed by atoms with Gasteiger partial charge in [-0.3, -0.25) is 4.98 Å². The maximum Gasteiger partial charge on any atom is 0.0409 e. The van der Waals surface area contributed by atoms with E-state index < -0.39 is 0 Å². The third kappa shape index (κ3) is 3.79. The molecule has 1 atom stereocenters. The van der Waals surface area contributed by atoms with Crippen LogP contribution in [0, 0.1) is 6.92 Å². The van der Waals surface area contributed by atoms with E-state index in [1.54, 1.807) is 0 Å². The number of nitrogens with one attached hydrogen (secondary N) is 1. The van der Waals surface area contributed by atoms with Gasteiger partial charge in [-0.05, 0) is 48.2 Å². The predicted octanol–water partition coefficient (Wildman–Crippen LogP) is 4.28. The SMILES string of the molecule is CCC(NCc1ccncc1C)c1cccc(Cl)c1. The lowest BCUT2D eigenvalue weighted by Crippen LogP contribution is -2.20. The first-order valence-corrected chi connectivity index (χ1v) is 6.97. The number of pyridine rings is 1. The van der Waals surface area contributed by atoms with Crippen LogP contribution in [0.1, 0.15) is 36.1 Å². The summed E-state index contributed by atoms with van der Waals surface area (Å²) in [6, 6.07) is 10.4. The van der Waals surface area contributed by atoms with E-state index in [4.69, 9.17) is 11.6 Å². The zero-order valence-electron chi connectivity index (χ0n) is 11.4. The molecule has 100 valence electrons. The highest BCUT2D eigenvalue weighted by atomic mass is 35.5. The van der Waals surface area contributed by atoms with Gasteiger partial charge in [-0.2, -0.15) is 0 Å². The van der Waals surface area contributed by atoms with Crippen molar-refractivity contribution < 1.29 is 0 Å². The Kier molecular flexibility index (Phi) is 4.94. The van der Waals surface area contributed by atoms with Crippen LogP contribution in [0.3, 0.4) is 0 Å². The van der Waals surface area contributed by atoms with Gasteiger partial charge in [0.2, 0.25) is 0 Å². The third-order valence-electron chi connectivity index (χ3n) is 3.33. The van der Waals surface area contributed by atoms with E-state index in [2.05, 4.69) is 36.3 Å². The number of hydrogen-bond donors (Lipinski definition) is 1. The van der Waals surface area contributed by atoms with Crippen LogP contribution in [0.15, 0.2) is 42.7 Å². The summed E-state index contributed by atoms with van der Waals surface area (Å²) >= 11 is 6.05. The minimum Gasteiger partial charge on any atom is -0.306 e. The molecule has 0 saturated heterocycles. The molecule has 2 rings (SSSR count). The summed E-state index contributed by atoms with van der Waals surface area (Å²) in [5.41, 5.74) is 3.74. The Labute approximate surface area is 119 Å². The first kappa shape index (κ1) is 14.0. The molecule has 0 radical (unpaired) electrons. The molecule has 2 nitrogen and oxygen atoms in total. The summed E-state index contributed by atoms with van der Waals surface area (Å²) in [6.07, 6.45) is 4.77. The zero-order valence-corrected chi connectivity index (χ0v) is 12.1. The van der Waals surface area contributed by atoms with E-state index in [1.807, 2.05) is 30.6 Å². The van der Waals surface area contributed by atoms with Crippen molar-refractivity contribution in [1.82, 2.24) is 10.3 Å². The number of hydrogen-bond acceptors (Lipinski definition) is 2. The van der Waals surface area contributed by atoms with Crippen LogP contribution < -0.4 is 5.32 Å². The van der Waals surface area contributed by atoms with Crippen molar-refractivity contribution in [3.63, 3.8) is 0 Å². The van der Waals surface area contributed by atoms with Crippen LogP contribution in [-0.2, 0) is 6.54 Å². The van der Waals surface area contributed by atoms with Crippen LogP contribution in [0.4, 0.5) is 0 Å². The van der Waals surface area contributed by atoms with Crippen molar-refractivity contribution in [1.29, 1.82) is 0 Å². The molecular formula is C16H19ClN2. The second kappa shape index (κ2) is 6.69. The molecule has 19 heavy (non-hydrogen) atoms. The van der Waals surface area contributed by atoms with E-state index >= 15 is 0 Å². The summed E-state index contributed by atoms with van der Waals surface area (Å²) in [7, 11) is 0. The minimum atomic E-state index is 0.325. The van der Waals surface area contributed by atoms with E-state index in [-0.39, 0.29) is 0 Å². The number of nitrogens with zero attached hydrogens (tertiary/aromatic N) is 1. The minimum absolute atomic E-state index is 0.325. The fourth-order valence-electron chi connectivity index (χ4n) is 2.15. The van der Waals surface area contributed by atoms with Crippen LogP contribution >= 0.6 is 11.6 Å². The first-order valence-electron chi connectivity index (χ1n) is 6.59. The fourth-order valence-corrected chi connectivity index (χ4v) is 2.35. The van der Waals surface area contributed by atoms with Crippen LogP contribution in [0.5, 0.6) is 0 Å². The maximum absolute atomic E-state index is 6.05. The normalized spacial score (nSPS) is 12.4. The number of benzene rings is 1.